The maximum absolute atomic E-state index is 15.8. The Morgan fingerprint density at radius 3 is 2.46 bits per heavy atom. The van der Waals surface area contributed by atoms with Crippen LogP contribution in [0.1, 0.15) is 62.1 Å². The minimum absolute atomic E-state index is 0.0412. The van der Waals surface area contributed by atoms with Crippen molar-refractivity contribution in [3.8, 4) is 23.0 Å². The summed E-state index contributed by atoms with van der Waals surface area (Å²) in [6.07, 6.45) is -1.19. The van der Waals surface area contributed by atoms with E-state index in [-0.39, 0.29) is 29.2 Å². The van der Waals surface area contributed by atoms with Crippen LogP contribution in [0.2, 0.25) is 0 Å². The molecule has 0 bridgehead atoms. The lowest BCUT2D eigenvalue weighted by Crippen LogP contribution is -2.20. The summed E-state index contributed by atoms with van der Waals surface area (Å²) >= 11 is 0. The quantitative estimate of drug-likeness (QED) is 0.300. The molecule has 1 heterocycles. The molecule has 0 saturated heterocycles. The van der Waals surface area contributed by atoms with E-state index >= 15 is 4.39 Å². The molecule has 1 aromatic heterocycles. The summed E-state index contributed by atoms with van der Waals surface area (Å²) in [6, 6.07) is 7.49. The smallest absolute Gasteiger partial charge is 0.493 e. The number of nitrogens with one attached hydrogen (secondary N) is 1. The summed E-state index contributed by atoms with van der Waals surface area (Å²) in [4.78, 5) is 28.7. The second-order valence-electron chi connectivity index (χ2n) is 9.19. The van der Waals surface area contributed by atoms with E-state index in [4.69, 9.17) is 24.1 Å². The normalized spacial score (nSPS) is 18.4. The fourth-order valence-corrected chi connectivity index (χ4v) is 4.57. The SMILES string of the molecule is [2H]C([2H])([2H])Oc1cc(OC(F)(F)F)ccc1Oc1cc(C2CCC(OC)CC2)cc(F)c1C(=O)Nc1ccnc(C(N)=O)c1. The number of rotatable bonds is 9. The molecular formula is C28H27F4N3O6. The van der Waals surface area contributed by atoms with E-state index in [1.807, 2.05) is 0 Å². The Kier molecular flexibility index (Phi) is 7.74. The number of primary amides is 1. The van der Waals surface area contributed by atoms with E-state index in [2.05, 4.69) is 15.0 Å². The van der Waals surface area contributed by atoms with Crippen LogP contribution in [-0.2, 0) is 4.74 Å². The van der Waals surface area contributed by atoms with E-state index < -0.39 is 53.8 Å². The minimum Gasteiger partial charge on any atom is -0.493 e. The molecule has 41 heavy (non-hydrogen) atoms. The summed E-state index contributed by atoms with van der Waals surface area (Å²) in [5.74, 6) is -5.35. The molecule has 9 nitrogen and oxygen atoms in total. The first kappa shape index (κ1) is 25.6. The predicted octanol–water partition coefficient (Wildman–Crippen LogP) is 5.94. The molecule has 3 N–H and O–H groups in total. The number of ether oxygens (including phenoxy) is 4. The molecular weight excluding hydrogens is 550 g/mol. The standard InChI is InChI=1S/C28H27F4N3O6/c1-38-18-5-3-15(4-6-18)16-11-20(29)25(27(37)35-17-9-10-34-21(13-17)26(33)36)24(12-16)40-22-8-7-19(14-23(22)39-2)41-28(30,31)32/h7-15,18H,3-6H2,1-2H3,(H2,33,36)(H,34,35,37)/i2D3. The Bertz CT molecular complexity index is 1530. The van der Waals surface area contributed by atoms with E-state index in [1.165, 1.54) is 30.5 Å². The van der Waals surface area contributed by atoms with Crippen LogP contribution in [0.25, 0.3) is 0 Å². The van der Waals surface area contributed by atoms with Crippen LogP contribution >= 0.6 is 0 Å². The third kappa shape index (κ3) is 7.42. The Morgan fingerprint density at radius 2 is 1.80 bits per heavy atom. The summed E-state index contributed by atoms with van der Waals surface area (Å²) in [5, 5.41) is 2.43. The number of alkyl halides is 3. The summed E-state index contributed by atoms with van der Waals surface area (Å²) < 4.78 is 96.5. The fraction of sp³-hybridized carbons (Fsp3) is 0.321. The first-order valence-corrected chi connectivity index (χ1v) is 12.3. The van der Waals surface area contributed by atoms with Gasteiger partial charge in [0.2, 0.25) is 0 Å². The van der Waals surface area contributed by atoms with Gasteiger partial charge in [0.1, 0.15) is 28.6 Å². The highest BCUT2D eigenvalue weighted by molar-refractivity contribution is 6.07. The number of halogens is 4. The maximum Gasteiger partial charge on any atom is 0.573 e. The van der Waals surface area contributed by atoms with Crippen LogP contribution in [0.15, 0.2) is 48.7 Å². The molecule has 0 spiro atoms. The summed E-state index contributed by atoms with van der Waals surface area (Å²) in [6.45, 7) is 0. The zero-order valence-electron chi connectivity index (χ0n) is 24.6. The average molecular weight is 581 g/mol. The fourth-order valence-electron chi connectivity index (χ4n) is 4.57. The molecule has 2 amide bonds. The zero-order valence-corrected chi connectivity index (χ0v) is 21.6. The lowest BCUT2D eigenvalue weighted by molar-refractivity contribution is -0.274. The van der Waals surface area contributed by atoms with Crippen LogP contribution in [0.4, 0.5) is 23.2 Å². The van der Waals surface area contributed by atoms with Crippen LogP contribution in [0.3, 0.4) is 0 Å². The molecule has 0 unspecified atom stereocenters. The lowest BCUT2D eigenvalue weighted by Gasteiger charge is -2.28. The van der Waals surface area contributed by atoms with Crippen molar-refractivity contribution in [3.05, 3.63) is 71.3 Å². The lowest BCUT2D eigenvalue weighted by atomic mass is 9.82. The van der Waals surface area contributed by atoms with Gasteiger partial charge in [-0.2, -0.15) is 0 Å². The number of nitrogens with zero attached hydrogens (tertiary/aromatic N) is 1. The Balaban J connectivity index is 1.77. The number of nitrogens with two attached hydrogens (primary N) is 1. The van der Waals surface area contributed by atoms with Crippen molar-refractivity contribution in [1.29, 1.82) is 0 Å². The molecule has 2 aromatic carbocycles. The molecule has 3 aromatic rings. The predicted molar refractivity (Wildman–Crippen MR) is 139 cm³/mol. The molecule has 1 fully saturated rings. The maximum atomic E-state index is 15.8. The van der Waals surface area contributed by atoms with Gasteiger partial charge in [0.05, 0.1) is 17.3 Å². The third-order valence-electron chi connectivity index (χ3n) is 6.53. The molecule has 1 aliphatic rings. The molecule has 4 rings (SSSR count). The van der Waals surface area contributed by atoms with Crippen molar-refractivity contribution in [2.75, 3.05) is 19.5 Å². The van der Waals surface area contributed by atoms with Crippen molar-refractivity contribution < 1.29 is 50.2 Å². The number of methoxy groups -OCH3 is 2. The van der Waals surface area contributed by atoms with Gasteiger partial charge in [-0.3, -0.25) is 14.6 Å². The highest BCUT2D eigenvalue weighted by Gasteiger charge is 2.32. The number of anilines is 1. The second-order valence-corrected chi connectivity index (χ2v) is 9.19. The largest absolute Gasteiger partial charge is 0.573 e. The van der Waals surface area contributed by atoms with Crippen LogP contribution < -0.4 is 25.3 Å². The Morgan fingerprint density at radius 1 is 1.05 bits per heavy atom. The average Bonchev–Trinajstić information content (AvgIpc) is 2.92. The molecule has 1 aliphatic carbocycles. The molecule has 0 aliphatic heterocycles. The van der Waals surface area contributed by atoms with Gasteiger partial charge in [0.25, 0.3) is 11.8 Å². The zero-order chi connectivity index (χ0) is 32.2. The van der Waals surface area contributed by atoms with Gasteiger partial charge in [-0.05, 0) is 73.6 Å². The third-order valence-corrected chi connectivity index (χ3v) is 6.53. The molecule has 0 atom stereocenters. The van der Waals surface area contributed by atoms with E-state index in [0.29, 0.717) is 37.3 Å². The molecule has 13 heteroatoms. The number of hydrogen-bond acceptors (Lipinski definition) is 7. The van der Waals surface area contributed by atoms with Crippen molar-refractivity contribution in [3.63, 3.8) is 0 Å². The van der Waals surface area contributed by atoms with Gasteiger partial charge in [-0.15, -0.1) is 13.2 Å². The number of pyridine rings is 1. The van der Waals surface area contributed by atoms with Crippen molar-refractivity contribution in [2.24, 2.45) is 5.73 Å². The van der Waals surface area contributed by atoms with E-state index in [1.54, 1.807) is 7.11 Å². The second kappa shape index (κ2) is 12.4. The topological polar surface area (TPSA) is 122 Å². The van der Waals surface area contributed by atoms with Gasteiger partial charge in [-0.25, -0.2) is 4.39 Å². The number of benzene rings is 2. The monoisotopic (exact) mass is 580 g/mol. The van der Waals surface area contributed by atoms with Gasteiger partial charge in [0.15, 0.2) is 11.5 Å². The Hall–Kier alpha value is -4.39. The first-order valence-electron chi connectivity index (χ1n) is 13.8. The van der Waals surface area contributed by atoms with Crippen molar-refractivity contribution >= 4 is 17.5 Å². The Labute approximate surface area is 236 Å². The summed E-state index contributed by atoms with van der Waals surface area (Å²) in [7, 11) is -1.52. The summed E-state index contributed by atoms with van der Waals surface area (Å²) in [5.41, 5.74) is 4.97. The van der Waals surface area contributed by atoms with Gasteiger partial charge < -0.3 is 30.0 Å². The van der Waals surface area contributed by atoms with Crippen LogP contribution in [0.5, 0.6) is 23.0 Å². The highest BCUT2D eigenvalue weighted by Crippen LogP contribution is 2.41. The van der Waals surface area contributed by atoms with Crippen LogP contribution in [-0.4, -0.2) is 43.4 Å². The molecule has 1 saturated carbocycles. The van der Waals surface area contributed by atoms with Gasteiger partial charge in [0, 0.05) is 25.1 Å². The number of amides is 2. The number of carbonyl (C=O) groups excluding carboxylic acids is 2. The van der Waals surface area contributed by atoms with Gasteiger partial charge >= 0.3 is 6.36 Å². The molecule has 218 valence electrons. The minimum atomic E-state index is -5.09. The van der Waals surface area contributed by atoms with E-state index in [9.17, 15) is 22.8 Å². The van der Waals surface area contributed by atoms with Gasteiger partial charge in [-0.1, -0.05) is 0 Å². The number of hydrogen-bond donors (Lipinski definition) is 2. The highest BCUT2D eigenvalue weighted by atomic mass is 19.4. The number of carbonyl (C=O) groups is 2. The molecule has 0 radical (unpaired) electrons. The number of aromatic nitrogens is 1. The van der Waals surface area contributed by atoms with Crippen molar-refractivity contribution in [1.82, 2.24) is 4.98 Å². The van der Waals surface area contributed by atoms with Crippen molar-refractivity contribution in [2.45, 2.75) is 44.1 Å². The van der Waals surface area contributed by atoms with E-state index in [0.717, 1.165) is 12.1 Å². The first-order chi connectivity index (χ1) is 20.6. The van der Waals surface area contributed by atoms with Crippen LogP contribution in [0, 0.1) is 5.82 Å².